The molecule has 0 aliphatic heterocycles. The molecule has 0 aliphatic carbocycles. The third kappa shape index (κ3) is 3.44. The number of carbonyl (C=O) groups is 1. The maximum absolute atomic E-state index is 10.5. The molecule has 0 spiro atoms. The summed E-state index contributed by atoms with van der Waals surface area (Å²) in [4.78, 5) is 14.8. The molecule has 4 heteroatoms. The number of nitrogens with zero attached hydrogens (tertiary/aromatic N) is 2. The van der Waals surface area contributed by atoms with Crippen LogP contribution in [-0.4, -0.2) is 20.6 Å². The molecule has 0 amide bonds. The Kier molecular flexibility index (Phi) is 4.00. The number of hydrogen-bond donors (Lipinski definition) is 1. The lowest BCUT2D eigenvalue weighted by atomic mass is 10.0. The van der Waals surface area contributed by atoms with Gasteiger partial charge in [0.15, 0.2) is 0 Å². The Morgan fingerprint density at radius 3 is 2.58 bits per heavy atom. The zero-order valence-corrected chi connectivity index (χ0v) is 11.2. The van der Waals surface area contributed by atoms with Gasteiger partial charge in [-0.3, -0.25) is 4.79 Å². The number of rotatable bonds is 5. The van der Waals surface area contributed by atoms with E-state index in [2.05, 4.69) is 43.1 Å². The van der Waals surface area contributed by atoms with Crippen LogP contribution < -0.4 is 0 Å². The van der Waals surface area contributed by atoms with Crippen LogP contribution in [0.25, 0.3) is 11.3 Å². The molecular formula is C15H18N2O2. The van der Waals surface area contributed by atoms with Gasteiger partial charge in [0.05, 0.1) is 18.4 Å². The van der Waals surface area contributed by atoms with Crippen molar-refractivity contribution in [2.75, 3.05) is 0 Å². The zero-order chi connectivity index (χ0) is 13.8. The van der Waals surface area contributed by atoms with Crippen molar-refractivity contribution < 1.29 is 9.90 Å². The number of hydrogen-bond acceptors (Lipinski definition) is 2. The fraction of sp³-hybridized carbons (Fsp3) is 0.333. The molecule has 0 fully saturated rings. The molecule has 0 saturated carbocycles. The maximum atomic E-state index is 10.5. The second kappa shape index (κ2) is 5.69. The number of carboxylic acid groups (broad SMARTS) is 1. The maximum Gasteiger partial charge on any atom is 0.305 e. The second-order valence-corrected chi connectivity index (χ2v) is 4.92. The molecule has 2 rings (SSSR count). The van der Waals surface area contributed by atoms with Crippen LogP contribution in [0.1, 0.15) is 31.7 Å². The molecule has 1 N–H and O–H groups in total. The molecule has 0 atom stereocenters. The summed E-state index contributed by atoms with van der Waals surface area (Å²) >= 11 is 0. The van der Waals surface area contributed by atoms with Crippen molar-refractivity contribution in [2.24, 2.45) is 0 Å². The molecule has 1 heterocycles. The van der Waals surface area contributed by atoms with Crippen LogP contribution in [-0.2, 0) is 11.3 Å². The molecule has 4 nitrogen and oxygen atoms in total. The van der Waals surface area contributed by atoms with Gasteiger partial charge in [-0.05, 0) is 11.5 Å². The monoisotopic (exact) mass is 258 g/mol. The van der Waals surface area contributed by atoms with Gasteiger partial charge < -0.3 is 9.67 Å². The van der Waals surface area contributed by atoms with E-state index in [1.807, 2.05) is 6.20 Å². The van der Waals surface area contributed by atoms with E-state index < -0.39 is 5.97 Å². The molecule has 100 valence electrons. The third-order valence-corrected chi connectivity index (χ3v) is 3.09. The van der Waals surface area contributed by atoms with Crippen LogP contribution in [0.4, 0.5) is 0 Å². The van der Waals surface area contributed by atoms with Crippen LogP contribution in [0.5, 0.6) is 0 Å². The van der Waals surface area contributed by atoms with Gasteiger partial charge in [-0.1, -0.05) is 38.1 Å². The van der Waals surface area contributed by atoms with Gasteiger partial charge in [-0.2, -0.15) is 0 Å². The average molecular weight is 258 g/mol. The van der Waals surface area contributed by atoms with Crippen molar-refractivity contribution in [3.8, 4) is 11.3 Å². The standard InChI is InChI=1S/C15H18N2O2/c1-11(2)12-3-5-13(6-4-12)14-9-17(10-16-14)8-7-15(18)19/h3-6,9-11H,7-8H2,1-2H3,(H,18,19). The molecule has 0 aliphatic rings. The molecule has 0 saturated heterocycles. The number of carboxylic acids is 1. The summed E-state index contributed by atoms with van der Waals surface area (Å²) in [6.45, 7) is 4.78. The number of benzene rings is 1. The third-order valence-electron chi connectivity index (χ3n) is 3.09. The zero-order valence-electron chi connectivity index (χ0n) is 11.2. The van der Waals surface area contributed by atoms with Gasteiger partial charge in [0.25, 0.3) is 0 Å². The topological polar surface area (TPSA) is 55.1 Å². The average Bonchev–Trinajstić information content (AvgIpc) is 2.85. The van der Waals surface area contributed by atoms with E-state index >= 15 is 0 Å². The highest BCUT2D eigenvalue weighted by Gasteiger charge is 2.05. The van der Waals surface area contributed by atoms with Gasteiger partial charge in [-0.25, -0.2) is 4.98 Å². The minimum atomic E-state index is -0.795. The molecule has 0 radical (unpaired) electrons. The van der Waals surface area contributed by atoms with Crippen LogP contribution in [0, 0.1) is 0 Å². The van der Waals surface area contributed by atoms with Crippen LogP contribution in [0.15, 0.2) is 36.8 Å². The summed E-state index contributed by atoms with van der Waals surface area (Å²) in [5.41, 5.74) is 3.23. The highest BCUT2D eigenvalue weighted by atomic mass is 16.4. The van der Waals surface area contributed by atoms with Gasteiger partial charge >= 0.3 is 5.97 Å². The largest absolute Gasteiger partial charge is 0.481 e. The minimum Gasteiger partial charge on any atom is -0.481 e. The summed E-state index contributed by atoms with van der Waals surface area (Å²) < 4.78 is 1.81. The molecule has 0 unspecified atom stereocenters. The second-order valence-electron chi connectivity index (χ2n) is 4.92. The first-order valence-corrected chi connectivity index (χ1v) is 6.40. The molecule has 1 aromatic carbocycles. The molecule has 1 aromatic heterocycles. The van der Waals surface area contributed by atoms with E-state index in [0.717, 1.165) is 11.3 Å². The van der Waals surface area contributed by atoms with Gasteiger partial charge in [0.1, 0.15) is 0 Å². The normalized spacial score (nSPS) is 10.9. The lowest BCUT2D eigenvalue weighted by Crippen LogP contribution is -2.02. The SMILES string of the molecule is CC(C)c1ccc(-c2cn(CCC(=O)O)cn2)cc1. The Morgan fingerprint density at radius 1 is 1.32 bits per heavy atom. The molecule has 2 aromatic rings. The Balaban J connectivity index is 2.11. The molecule has 19 heavy (non-hydrogen) atoms. The summed E-state index contributed by atoms with van der Waals surface area (Å²) in [6.07, 6.45) is 3.67. The first-order valence-electron chi connectivity index (χ1n) is 6.40. The van der Waals surface area contributed by atoms with E-state index in [4.69, 9.17) is 5.11 Å². The quantitative estimate of drug-likeness (QED) is 0.896. The minimum absolute atomic E-state index is 0.113. The predicted octanol–water partition coefficient (Wildman–Crippen LogP) is 3.15. The van der Waals surface area contributed by atoms with Crippen molar-refractivity contribution in [3.05, 3.63) is 42.4 Å². The number of imidazole rings is 1. The van der Waals surface area contributed by atoms with Crippen molar-refractivity contribution in [1.82, 2.24) is 9.55 Å². The fourth-order valence-corrected chi connectivity index (χ4v) is 1.89. The first-order chi connectivity index (χ1) is 9.06. The van der Waals surface area contributed by atoms with Crippen molar-refractivity contribution >= 4 is 5.97 Å². The van der Waals surface area contributed by atoms with E-state index in [0.29, 0.717) is 12.5 Å². The smallest absolute Gasteiger partial charge is 0.305 e. The summed E-state index contributed by atoms with van der Waals surface area (Å²) in [5.74, 6) is -0.279. The Labute approximate surface area is 112 Å². The van der Waals surface area contributed by atoms with Crippen LogP contribution >= 0.6 is 0 Å². The Bertz CT molecular complexity index is 556. The van der Waals surface area contributed by atoms with Gasteiger partial charge in [-0.15, -0.1) is 0 Å². The number of aryl methyl sites for hydroxylation is 1. The van der Waals surface area contributed by atoms with Gasteiger partial charge in [0.2, 0.25) is 0 Å². The number of aromatic nitrogens is 2. The van der Waals surface area contributed by atoms with Crippen LogP contribution in [0.3, 0.4) is 0 Å². The highest BCUT2D eigenvalue weighted by molar-refractivity contribution is 5.66. The van der Waals surface area contributed by atoms with E-state index in [9.17, 15) is 4.79 Å². The van der Waals surface area contributed by atoms with Crippen molar-refractivity contribution in [2.45, 2.75) is 32.7 Å². The van der Waals surface area contributed by atoms with Crippen LogP contribution in [0.2, 0.25) is 0 Å². The first kappa shape index (κ1) is 13.3. The van der Waals surface area contributed by atoms with E-state index in [1.165, 1.54) is 5.56 Å². The van der Waals surface area contributed by atoms with Gasteiger partial charge in [0, 0.05) is 18.3 Å². The van der Waals surface area contributed by atoms with E-state index in [1.54, 1.807) is 10.9 Å². The predicted molar refractivity (Wildman–Crippen MR) is 74.0 cm³/mol. The summed E-state index contributed by atoms with van der Waals surface area (Å²) in [5, 5.41) is 8.65. The lowest BCUT2D eigenvalue weighted by molar-refractivity contribution is -0.137. The highest BCUT2D eigenvalue weighted by Crippen LogP contribution is 2.21. The summed E-state index contributed by atoms with van der Waals surface area (Å²) in [7, 11) is 0. The fourth-order valence-electron chi connectivity index (χ4n) is 1.89. The Hall–Kier alpha value is -2.10. The Morgan fingerprint density at radius 2 is 2.00 bits per heavy atom. The van der Waals surface area contributed by atoms with E-state index in [-0.39, 0.29) is 6.42 Å². The van der Waals surface area contributed by atoms with Crippen molar-refractivity contribution in [1.29, 1.82) is 0 Å². The molecule has 0 bridgehead atoms. The number of aliphatic carboxylic acids is 1. The van der Waals surface area contributed by atoms with Crippen molar-refractivity contribution in [3.63, 3.8) is 0 Å². The summed E-state index contributed by atoms with van der Waals surface area (Å²) in [6, 6.07) is 8.32. The lowest BCUT2D eigenvalue weighted by Gasteiger charge is -2.05. The molecular weight excluding hydrogens is 240 g/mol.